The van der Waals surface area contributed by atoms with Crippen LogP contribution in [0.3, 0.4) is 0 Å². The number of rotatable bonds is 1. The van der Waals surface area contributed by atoms with E-state index in [1.54, 1.807) is 0 Å². The number of hydrogen-bond donors (Lipinski definition) is 0. The second-order valence-corrected chi connectivity index (χ2v) is 1.31. The van der Waals surface area contributed by atoms with E-state index in [-0.39, 0.29) is 0 Å². The maximum absolute atomic E-state index is 11.1. The first-order chi connectivity index (χ1) is 2.80. The standard InChI is InChI=1S/C3H5F2N/c4-3(5)6-1-2-6/h3H,1-2H2. The van der Waals surface area contributed by atoms with Crippen molar-refractivity contribution in [2.75, 3.05) is 13.1 Å². The molecule has 0 aromatic heterocycles. The number of hydrogen-bond acceptors (Lipinski definition) is 1. The van der Waals surface area contributed by atoms with Crippen LogP contribution in [0.2, 0.25) is 0 Å². The first-order valence-electron chi connectivity index (χ1n) is 1.83. The molecule has 0 N–H and O–H groups in total. The van der Waals surface area contributed by atoms with Crippen LogP contribution in [0.4, 0.5) is 8.78 Å². The molecule has 1 fully saturated rings. The Morgan fingerprint density at radius 3 is 1.83 bits per heavy atom. The average molecular weight is 93.1 g/mol. The molecule has 1 aliphatic rings. The highest BCUT2D eigenvalue weighted by atomic mass is 19.3. The Labute approximate surface area is 34.6 Å². The molecule has 1 rings (SSSR count). The Bertz CT molecular complexity index is 50.8. The van der Waals surface area contributed by atoms with Crippen LogP contribution in [0.5, 0.6) is 0 Å². The van der Waals surface area contributed by atoms with Gasteiger partial charge in [-0.15, -0.1) is 0 Å². The molecule has 36 valence electrons. The third-order valence-corrected chi connectivity index (χ3v) is 0.758. The molecule has 0 bridgehead atoms. The normalized spacial score (nSPS) is 22.5. The van der Waals surface area contributed by atoms with E-state index in [0.29, 0.717) is 13.1 Å². The Balaban J connectivity index is 2.13. The fourth-order valence-electron chi connectivity index (χ4n) is 0.253. The summed E-state index contributed by atoms with van der Waals surface area (Å²) in [5.41, 5.74) is 0. The van der Waals surface area contributed by atoms with Crippen molar-refractivity contribution >= 4 is 0 Å². The van der Waals surface area contributed by atoms with Gasteiger partial charge in [-0.2, -0.15) is 8.78 Å². The van der Waals surface area contributed by atoms with E-state index in [9.17, 15) is 8.78 Å². The van der Waals surface area contributed by atoms with Gasteiger partial charge in [0.25, 0.3) is 6.55 Å². The SMILES string of the molecule is FC(F)N1CC1. The lowest BCUT2D eigenvalue weighted by atomic mass is 11.0. The molecular formula is C3H5F2N. The van der Waals surface area contributed by atoms with E-state index in [4.69, 9.17) is 0 Å². The van der Waals surface area contributed by atoms with Gasteiger partial charge in [0.15, 0.2) is 0 Å². The summed E-state index contributed by atoms with van der Waals surface area (Å²) in [6.07, 6.45) is 0. The zero-order valence-corrected chi connectivity index (χ0v) is 3.19. The molecule has 0 amide bonds. The lowest BCUT2D eigenvalue weighted by molar-refractivity contribution is 0.0483. The predicted molar refractivity (Wildman–Crippen MR) is 17.6 cm³/mol. The number of alkyl halides is 2. The van der Waals surface area contributed by atoms with Crippen LogP contribution in [0, 0.1) is 0 Å². The van der Waals surface area contributed by atoms with Crippen molar-refractivity contribution in [3.05, 3.63) is 0 Å². The summed E-state index contributed by atoms with van der Waals surface area (Å²) < 4.78 is 22.3. The molecule has 1 saturated heterocycles. The van der Waals surface area contributed by atoms with Gasteiger partial charge >= 0.3 is 0 Å². The Hall–Kier alpha value is -0.180. The highest BCUT2D eigenvalue weighted by Gasteiger charge is 2.25. The topological polar surface area (TPSA) is 3.01 Å². The average Bonchev–Trinajstić information content (AvgIpc) is 2.06. The molecule has 0 saturated carbocycles. The van der Waals surface area contributed by atoms with E-state index in [1.165, 1.54) is 0 Å². The van der Waals surface area contributed by atoms with Crippen molar-refractivity contribution in [1.29, 1.82) is 0 Å². The summed E-state index contributed by atoms with van der Waals surface area (Å²) in [4.78, 5) is 1.08. The zero-order valence-electron chi connectivity index (χ0n) is 3.19. The van der Waals surface area contributed by atoms with Crippen molar-refractivity contribution in [1.82, 2.24) is 4.90 Å². The van der Waals surface area contributed by atoms with Crippen molar-refractivity contribution in [3.8, 4) is 0 Å². The lowest BCUT2D eigenvalue weighted by Crippen LogP contribution is -2.02. The van der Waals surface area contributed by atoms with Crippen molar-refractivity contribution in [3.63, 3.8) is 0 Å². The van der Waals surface area contributed by atoms with Gasteiger partial charge in [0.1, 0.15) is 0 Å². The molecule has 0 aromatic carbocycles. The van der Waals surface area contributed by atoms with Crippen molar-refractivity contribution in [2.45, 2.75) is 6.55 Å². The van der Waals surface area contributed by atoms with Gasteiger partial charge < -0.3 is 0 Å². The zero-order chi connectivity index (χ0) is 4.57. The first kappa shape index (κ1) is 3.99. The molecule has 3 heteroatoms. The van der Waals surface area contributed by atoms with Crippen LogP contribution in [0.15, 0.2) is 0 Å². The molecule has 1 nitrogen and oxygen atoms in total. The Kier molecular flexibility index (Phi) is 0.765. The third-order valence-electron chi connectivity index (χ3n) is 0.758. The van der Waals surface area contributed by atoms with Crippen LogP contribution in [0.25, 0.3) is 0 Å². The monoisotopic (exact) mass is 93.0 g/mol. The summed E-state index contributed by atoms with van der Waals surface area (Å²) in [5.74, 6) is 0. The van der Waals surface area contributed by atoms with Gasteiger partial charge in [-0.3, -0.25) is 0 Å². The first-order valence-corrected chi connectivity index (χ1v) is 1.83. The molecule has 0 aliphatic carbocycles. The molecular weight excluding hydrogens is 88.0 g/mol. The maximum Gasteiger partial charge on any atom is 0.294 e. The van der Waals surface area contributed by atoms with Gasteiger partial charge in [-0.05, 0) is 0 Å². The molecule has 1 heterocycles. The van der Waals surface area contributed by atoms with Gasteiger partial charge in [-0.25, -0.2) is 4.90 Å². The maximum atomic E-state index is 11.1. The molecule has 6 heavy (non-hydrogen) atoms. The van der Waals surface area contributed by atoms with E-state index < -0.39 is 6.55 Å². The van der Waals surface area contributed by atoms with Crippen molar-refractivity contribution in [2.24, 2.45) is 0 Å². The summed E-state index contributed by atoms with van der Waals surface area (Å²) in [6.45, 7) is -1.04. The predicted octanol–water partition coefficient (Wildman–Crippen LogP) is 0.525. The van der Waals surface area contributed by atoms with Gasteiger partial charge in [0.05, 0.1) is 0 Å². The lowest BCUT2D eigenvalue weighted by Gasteiger charge is -1.90. The van der Waals surface area contributed by atoms with Crippen molar-refractivity contribution < 1.29 is 8.78 Å². The minimum Gasteiger partial charge on any atom is -0.245 e. The number of halogens is 2. The fraction of sp³-hybridized carbons (Fsp3) is 1.00. The number of nitrogens with zero attached hydrogens (tertiary/aromatic N) is 1. The van der Waals surface area contributed by atoms with E-state index >= 15 is 0 Å². The second-order valence-electron chi connectivity index (χ2n) is 1.31. The molecule has 0 atom stereocenters. The Morgan fingerprint density at radius 2 is 1.83 bits per heavy atom. The summed E-state index contributed by atoms with van der Waals surface area (Å²) in [5, 5.41) is 0. The van der Waals surface area contributed by atoms with E-state index in [0.717, 1.165) is 4.90 Å². The smallest absolute Gasteiger partial charge is 0.245 e. The van der Waals surface area contributed by atoms with Gasteiger partial charge in [-0.1, -0.05) is 0 Å². The minimum atomic E-state index is -2.20. The summed E-state index contributed by atoms with van der Waals surface area (Å²) >= 11 is 0. The molecule has 0 aromatic rings. The molecule has 0 radical (unpaired) electrons. The van der Waals surface area contributed by atoms with Crippen LogP contribution in [0.1, 0.15) is 0 Å². The molecule has 1 aliphatic heterocycles. The second kappa shape index (κ2) is 1.15. The third kappa shape index (κ3) is 0.653. The van der Waals surface area contributed by atoms with Crippen LogP contribution in [-0.2, 0) is 0 Å². The largest absolute Gasteiger partial charge is 0.294 e. The highest BCUT2D eigenvalue weighted by Crippen LogP contribution is 2.11. The molecule has 0 spiro atoms. The summed E-state index contributed by atoms with van der Waals surface area (Å²) in [6, 6.07) is 0. The molecule has 0 unspecified atom stereocenters. The Morgan fingerprint density at radius 1 is 1.33 bits per heavy atom. The fourth-order valence-corrected chi connectivity index (χ4v) is 0.253. The van der Waals surface area contributed by atoms with Crippen LogP contribution < -0.4 is 0 Å². The van der Waals surface area contributed by atoms with E-state index in [2.05, 4.69) is 0 Å². The highest BCUT2D eigenvalue weighted by molar-refractivity contribution is 4.69. The minimum absolute atomic E-state index is 0.581. The van der Waals surface area contributed by atoms with Crippen LogP contribution in [-0.4, -0.2) is 24.5 Å². The van der Waals surface area contributed by atoms with Gasteiger partial charge in [0.2, 0.25) is 0 Å². The van der Waals surface area contributed by atoms with E-state index in [1.807, 2.05) is 0 Å². The van der Waals surface area contributed by atoms with Gasteiger partial charge in [0, 0.05) is 13.1 Å². The summed E-state index contributed by atoms with van der Waals surface area (Å²) in [7, 11) is 0. The van der Waals surface area contributed by atoms with Crippen LogP contribution >= 0.6 is 0 Å². The quantitative estimate of drug-likeness (QED) is 0.337.